The number of carbonyl (C=O) groups is 1. The van der Waals surface area contributed by atoms with Crippen molar-refractivity contribution in [3.8, 4) is 5.75 Å². The third-order valence-corrected chi connectivity index (χ3v) is 3.91. The maximum absolute atomic E-state index is 11.2. The van der Waals surface area contributed by atoms with Gasteiger partial charge < -0.3 is 10.1 Å². The molecular formula is C17H14N2O2S. The maximum Gasteiger partial charge on any atom is 0.289 e. The highest BCUT2D eigenvalue weighted by molar-refractivity contribution is 8.18. The molecule has 1 aliphatic heterocycles. The van der Waals surface area contributed by atoms with Crippen LogP contribution in [0.3, 0.4) is 0 Å². The molecule has 0 atom stereocenters. The number of hydrogen-bond donors (Lipinski definition) is 2. The van der Waals surface area contributed by atoms with E-state index in [4.69, 9.17) is 10.1 Å². The zero-order valence-electron chi connectivity index (χ0n) is 11.7. The second-order valence-corrected chi connectivity index (χ2v) is 5.76. The van der Waals surface area contributed by atoms with Gasteiger partial charge in [0.05, 0.1) is 4.91 Å². The van der Waals surface area contributed by atoms with Gasteiger partial charge in [-0.3, -0.25) is 10.2 Å². The van der Waals surface area contributed by atoms with Crippen LogP contribution in [0.2, 0.25) is 0 Å². The van der Waals surface area contributed by atoms with Crippen LogP contribution in [-0.2, 0) is 6.61 Å². The quantitative estimate of drug-likeness (QED) is 0.896. The molecule has 1 fully saturated rings. The molecule has 1 heterocycles. The fourth-order valence-corrected chi connectivity index (χ4v) is 2.73. The van der Waals surface area contributed by atoms with E-state index in [-0.39, 0.29) is 11.1 Å². The number of hydrogen-bond acceptors (Lipinski definition) is 4. The van der Waals surface area contributed by atoms with E-state index < -0.39 is 0 Å². The normalized spacial score (nSPS) is 15.9. The lowest BCUT2D eigenvalue weighted by Crippen LogP contribution is -2.17. The zero-order chi connectivity index (χ0) is 15.4. The second-order valence-electron chi connectivity index (χ2n) is 4.74. The third kappa shape index (κ3) is 3.56. The van der Waals surface area contributed by atoms with E-state index in [1.165, 1.54) is 0 Å². The summed E-state index contributed by atoms with van der Waals surface area (Å²) in [5, 5.41) is 9.92. The van der Waals surface area contributed by atoms with Crippen LogP contribution < -0.4 is 10.1 Å². The molecule has 0 unspecified atom stereocenters. The summed E-state index contributed by atoms with van der Waals surface area (Å²) >= 11 is 1.03. The summed E-state index contributed by atoms with van der Waals surface area (Å²) in [7, 11) is 0. The van der Waals surface area contributed by atoms with Gasteiger partial charge in [-0.15, -0.1) is 0 Å². The Labute approximate surface area is 132 Å². The molecule has 0 aromatic heterocycles. The molecule has 1 aliphatic rings. The molecule has 0 radical (unpaired) electrons. The van der Waals surface area contributed by atoms with Crippen LogP contribution in [0.4, 0.5) is 4.79 Å². The molecule has 0 aliphatic carbocycles. The van der Waals surface area contributed by atoms with E-state index >= 15 is 0 Å². The molecule has 2 N–H and O–H groups in total. The van der Waals surface area contributed by atoms with Crippen molar-refractivity contribution in [3.05, 3.63) is 70.6 Å². The number of rotatable bonds is 4. The number of ether oxygens (including phenoxy) is 1. The number of thioether (sulfide) groups is 1. The molecular weight excluding hydrogens is 296 g/mol. The molecule has 3 rings (SSSR count). The van der Waals surface area contributed by atoms with Gasteiger partial charge in [0.15, 0.2) is 0 Å². The molecule has 0 bridgehead atoms. The Kier molecular flexibility index (Phi) is 4.25. The van der Waals surface area contributed by atoms with Crippen LogP contribution in [0.15, 0.2) is 59.5 Å². The summed E-state index contributed by atoms with van der Waals surface area (Å²) in [5.74, 6) is 0.901. The van der Waals surface area contributed by atoms with E-state index in [0.717, 1.165) is 28.6 Å². The first-order valence-corrected chi connectivity index (χ1v) is 7.58. The molecule has 1 saturated heterocycles. The van der Waals surface area contributed by atoms with Crippen LogP contribution in [0.25, 0.3) is 6.08 Å². The fourth-order valence-electron chi connectivity index (χ4n) is 2.03. The van der Waals surface area contributed by atoms with Crippen molar-refractivity contribution in [2.75, 3.05) is 0 Å². The van der Waals surface area contributed by atoms with Crippen LogP contribution in [0, 0.1) is 5.41 Å². The Morgan fingerprint density at radius 2 is 1.95 bits per heavy atom. The first-order chi connectivity index (χ1) is 10.7. The molecule has 4 nitrogen and oxygen atoms in total. The van der Waals surface area contributed by atoms with E-state index in [9.17, 15) is 4.79 Å². The Hall–Kier alpha value is -2.53. The Bertz CT molecular complexity index is 741. The van der Waals surface area contributed by atoms with Gasteiger partial charge >= 0.3 is 0 Å². The molecule has 110 valence electrons. The molecule has 2 aromatic carbocycles. The first-order valence-electron chi connectivity index (χ1n) is 6.77. The first kappa shape index (κ1) is 14.4. The third-order valence-electron chi connectivity index (χ3n) is 3.08. The molecule has 5 heteroatoms. The minimum absolute atomic E-state index is 0.144. The van der Waals surface area contributed by atoms with Gasteiger partial charge in [-0.25, -0.2) is 0 Å². The zero-order valence-corrected chi connectivity index (χ0v) is 12.5. The number of benzene rings is 2. The van der Waals surface area contributed by atoms with E-state index in [0.29, 0.717) is 11.5 Å². The average Bonchev–Trinajstić information content (AvgIpc) is 2.84. The Morgan fingerprint density at radius 1 is 1.14 bits per heavy atom. The van der Waals surface area contributed by atoms with Crippen molar-refractivity contribution < 1.29 is 9.53 Å². The fraction of sp³-hybridized carbons (Fsp3) is 0.0588. The van der Waals surface area contributed by atoms with Crippen molar-refractivity contribution in [2.45, 2.75) is 6.61 Å². The summed E-state index contributed by atoms with van der Waals surface area (Å²) in [6.07, 6.45) is 1.81. The van der Waals surface area contributed by atoms with Crippen molar-refractivity contribution in [3.63, 3.8) is 0 Å². The van der Waals surface area contributed by atoms with Crippen molar-refractivity contribution >= 4 is 28.9 Å². The van der Waals surface area contributed by atoms with Gasteiger partial charge in [-0.05, 0) is 41.1 Å². The highest BCUT2D eigenvalue weighted by atomic mass is 32.2. The SMILES string of the molecule is N=C1NC(=O)S/C1=C/c1cccc(OCc2ccccc2)c1. The number of nitrogens with one attached hydrogen (secondary N) is 2. The summed E-state index contributed by atoms with van der Waals surface area (Å²) in [4.78, 5) is 11.8. The topological polar surface area (TPSA) is 62.2 Å². The highest BCUT2D eigenvalue weighted by Gasteiger charge is 2.21. The Morgan fingerprint density at radius 3 is 2.68 bits per heavy atom. The van der Waals surface area contributed by atoms with Crippen molar-refractivity contribution in [2.24, 2.45) is 0 Å². The Balaban J connectivity index is 1.71. The van der Waals surface area contributed by atoms with Crippen LogP contribution >= 0.6 is 11.8 Å². The van der Waals surface area contributed by atoms with Gasteiger partial charge in [0.1, 0.15) is 18.2 Å². The molecule has 0 spiro atoms. The predicted octanol–water partition coefficient (Wildman–Crippen LogP) is 4.04. The number of amidine groups is 1. The lowest BCUT2D eigenvalue weighted by molar-refractivity contribution is 0.265. The van der Waals surface area contributed by atoms with E-state index in [1.54, 1.807) is 6.08 Å². The van der Waals surface area contributed by atoms with Gasteiger partial charge in [0.25, 0.3) is 5.24 Å². The molecule has 2 aromatic rings. The molecule has 1 amide bonds. The maximum atomic E-state index is 11.2. The van der Waals surface area contributed by atoms with Crippen molar-refractivity contribution in [1.29, 1.82) is 5.41 Å². The minimum Gasteiger partial charge on any atom is -0.489 e. The van der Waals surface area contributed by atoms with Gasteiger partial charge in [0, 0.05) is 0 Å². The van der Waals surface area contributed by atoms with Gasteiger partial charge in [-0.2, -0.15) is 0 Å². The van der Waals surface area contributed by atoms with Crippen LogP contribution in [-0.4, -0.2) is 11.1 Å². The number of amides is 1. The van der Waals surface area contributed by atoms with Gasteiger partial charge in [-0.1, -0.05) is 42.5 Å². The van der Waals surface area contributed by atoms with Crippen LogP contribution in [0.5, 0.6) is 5.75 Å². The standard InChI is InChI=1S/C17H14N2O2S/c18-16-15(22-17(20)19-16)10-13-7-4-8-14(9-13)21-11-12-5-2-1-3-6-12/h1-10H,11H2,(H2,18,19,20)/b15-10+. The largest absolute Gasteiger partial charge is 0.489 e. The van der Waals surface area contributed by atoms with Crippen LogP contribution in [0.1, 0.15) is 11.1 Å². The average molecular weight is 310 g/mol. The summed E-state index contributed by atoms with van der Waals surface area (Å²) < 4.78 is 5.77. The van der Waals surface area contributed by atoms with E-state index in [2.05, 4.69) is 5.32 Å². The smallest absolute Gasteiger partial charge is 0.289 e. The van der Waals surface area contributed by atoms with Gasteiger partial charge in [0.2, 0.25) is 0 Å². The monoisotopic (exact) mass is 310 g/mol. The van der Waals surface area contributed by atoms with Crippen molar-refractivity contribution in [1.82, 2.24) is 5.32 Å². The number of carbonyl (C=O) groups excluding carboxylic acids is 1. The summed E-state index contributed by atoms with van der Waals surface area (Å²) in [5.41, 5.74) is 2.00. The lowest BCUT2D eigenvalue weighted by Gasteiger charge is -2.07. The van der Waals surface area contributed by atoms with E-state index in [1.807, 2.05) is 54.6 Å². The summed E-state index contributed by atoms with van der Waals surface area (Å²) in [6, 6.07) is 17.6. The lowest BCUT2D eigenvalue weighted by atomic mass is 10.2. The minimum atomic E-state index is -0.215. The summed E-state index contributed by atoms with van der Waals surface area (Å²) in [6.45, 7) is 0.505. The predicted molar refractivity (Wildman–Crippen MR) is 89.0 cm³/mol. The molecule has 22 heavy (non-hydrogen) atoms. The second kappa shape index (κ2) is 6.49. The highest BCUT2D eigenvalue weighted by Crippen LogP contribution is 2.26. The molecule has 0 saturated carbocycles.